The first-order valence-electron chi connectivity index (χ1n) is 4.21. The third-order valence-corrected chi connectivity index (χ3v) is 1.92. The normalized spacial score (nSPS) is 17.8. The molecular weight excluding hydrogens is 199 g/mol. The Kier molecular flexibility index (Phi) is 2.21. The van der Waals surface area contributed by atoms with Crippen LogP contribution in [-0.4, -0.2) is 22.5 Å². The van der Waals surface area contributed by atoms with Crippen molar-refractivity contribution in [3.8, 4) is 5.75 Å². The van der Waals surface area contributed by atoms with Gasteiger partial charge < -0.3 is 5.11 Å². The topological polar surface area (TPSA) is 52.9 Å². The second-order valence-corrected chi connectivity index (χ2v) is 2.98. The molecule has 1 heterocycles. The highest BCUT2D eigenvalue weighted by Gasteiger charge is 2.21. The van der Waals surface area contributed by atoms with Gasteiger partial charge >= 0.3 is 0 Å². The zero-order valence-corrected chi connectivity index (χ0v) is 7.59. The molecule has 15 heavy (non-hydrogen) atoms. The van der Waals surface area contributed by atoms with Crippen LogP contribution in [-0.2, 0) is 4.79 Å². The van der Waals surface area contributed by atoms with Crippen molar-refractivity contribution in [2.45, 2.75) is 0 Å². The molecule has 0 atom stereocenters. The average molecular weight is 206 g/mol. The summed E-state index contributed by atoms with van der Waals surface area (Å²) in [5.41, 5.74) is 0.477. The Hall–Kier alpha value is -2.17. The fraction of sp³-hybridized carbons (Fsp3) is 0. The summed E-state index contributed by atoms with van der Waals surface area (Å²) in [6.45, 7) is 0. The lowest BCUT2D eigenvalue weighted by atomic mass is 10.2. The van der Waals surface area contributed by atoms with Gasteiger partial charge in [0.1, 0.15) is 17.8 Å². The van der Waals surface area contributed by atoms with E-state index in [1.54, 1.807) is 12.1 Å². The van der Waals surface area contributed by atoms with E-state index in [-0.39, 0.29) is 16.6 Å². The number of benzene rings is 1. The first kappa shape index (κ1) is 9.39. The highest BCUT2D eigenvalue weighted by atomic mass is 19.2. The van der Waals surface area contributed by atoms with Gasteiger partial charge in [0.15, 0.2) is 0 Å². The van der Waals surface area contributed by atoms with Gasteiger partial charge in [-0.05, 0) is 23.8 Å². The van der Waals surface area contributed by atoms with E-state index in [9.17, 15) is 9.28 Å². The van der Waals surface area contributed by atoms with Crippen molar-refractivity contribution in [2.75, 3.05) is 0 Å². The summed E-state index contributed by atoms with van der Waals surface area (Å²) in [5.74, 6) is -0.506. The van der Waals surface area contributed by atoms with E-state index in [1.165, 1.54) is 18.2 Å². The minimum absolute atomic E-state index is 0.114. The number of aromatic hydroxyl groups is 1. The Labute approximate surface area is 84.9 Å². The summed E-state index contributed by atoms with van der Waals surface area (Å²) < 4.78 is 12.9. The molecule has 0 fully saturated rings. The fourth-order valence-corrected chi connectivity index (χ4v) is 1.17. The van der Waals surface area contributed by atoms with E-state index in [2.05, 4.69) is 4.99 Å². The highest BCUT2D eigenvalue weighted by Crippen LogP contribution is 2.17. The van der Waals surface area contributed by atoms with E-state index in [0.29, 0.717) is 5.56 Å². The molecule has 0 aliphatic carbocycles. The van der Waals surface area contributed by atoms with Crippen LogP contribution < -0.4 is 0 Å². The first-order chi connectivity index (χ1) is 7.16. The SMILES string of the molecule is O=C1N=CN(F)C1=Cc1ccc(O)cc1. The van der Waals surface area contributed by atoms with Crippen LogP contribution >= 0.6 is 0 Å². The van der Waals surface area contributed by atoms with E-state index in [0.717, 1.165) is 6.34 Å². The van der Waals surface area contributed by atoms with Gasteiger partial charge in [-0.15, -0.1) is 0 Å². The largest absolute Gasteiger partial charge is 0.508 e. The van der Waals surface area contributed by atoms with Gasteiger partial charge in [-0.2, -0.15) is 10.1 Å². The second-order valence-electron chi connectivity index (χ2n) is 2.98. The third kappa shape index (κ3) is 1.85. The number of carbonyl (C=O) groups excluding carboxylic acids is 1. The number of hydrogen-bond donors (Lipinski definition) is 1. The minimum Gasteiger partial charge on any atom is -0.508 e. The van der Waals surface area contributed by atoms with Gasteiger partial charge in [-0.1, -0.05) is 16.6 Å². The van der Waals surface area contributed by atoms with Crippen molar-refractivity contribution in [1.82, 2.24) is 5.12 Å². The molecule has 4 nitrogen and oxygen atoms in total. The van der Waals surface area contributed by atoms with Crippen molar-refractivity contribution >= 4 is 18.3 Å². The molecule has 76 valence electrons. The van der Waals surface area contributed by atoms with Crippen LogP contribution in [0.15, 0.2) is 35.0 Å². The molecule has 2 rings (SSSR count). The van der Waals surface area contributed by atoms with Crippen LogP contribution in [0.25, 0.3) is 6.08 Å². The number of phenolic OH excluding ortho intramolecular Hbond substituents is 1. The van der Waals surface area contributed by atoms with Gasteiger partial charge in [0.2, 0.25) is 0 Å². The van der Waals surface area contributed by atoms with Gasteiger partial charge in [0.05, 0.1) is 0 Å². The van der Waals surface area contributed by atoms with Crippen molar-refractivity contribution in [3.05, 3.63) is 35.5 Å². The number of hydrogen-bond acceptors (Lipinski definition) is 3. The fourth-order valence-electron chi connectivity index (χ4n) is 1.17. The van der Waals surface area contributed by atoms with Gasteiger partial charge in [-0.25, -0.2) is 0 Å². The summed E-state index contributed by atoms with van der Waals surface area (Å²) in [6.07, 6.45) is 2.17. The van der Waals surface area contributed by atoms with Crippen molar-refractivity contribution in [1.29, 1.82) is 0 Å². The Morgan fingerprint density at radius 3 is 2.53 bits per heavy atom. The Balaban J connectivity index is 2.31. The lowest BCUT2D eigenvalue weighted by Gasteiger charge is -2.01. The van der Waals surface area contributed by atoms with E-state index in [4.69, 9.17) is 5.11 Å². The molecule has 0 aromatic heterocycles. The Morgan fingerprint density at radius 2 is 2.00 bits per heavy atom. The number of nitrogens with zero attached hydrogens (tertiary/aromatic N) is 2. The molecule has 0 saturated heterocycles. The van der Waals surface area contributed by atoms with Crippen LogP contribution in [0.5, 0.6) is 5.75 Å². The summed E-state index contributed by atoms with van der Waals surface area (Å²) >= 11 is 0. The summed E-state index contributed by atoms with van der Waals surface area (Å²) in [7, 11) is 0. The van der Waals surface area contributed by atoms with E-state index in [1.807, 2.05) is 0 Å². The molecule has 5 heteroatoms. The Bertz CT molecular complexity index is 451. The molecule has 0 radical (unpaired) electrons. The highest BCUT2D eigenvalue weighted by molar-refractivity contribution is 6.06. The van der Waals surface area contributed by atoms with Crippen LogP contribution in [0, 0.1) is 0 Å². The number of rotatable bonds is 1. The molecule has 1 amide bonds. The molecule has 0 unspecified atom stereocenters. The van der Waals surface area contributed by atoms with Crippen molar-refractivity contribution in [3.63, 3.8) is 0 Å². The monoisotopic (exact) mass is 206 g/mol. The first-order valence-corrected chi connectivity index (χ1v) is 4.21. The summed E-state index contributed by atoms with van der Waals surface area (Å²) in [4.78, 5) is 14.3. The predicted octanol–water partition coefficient (Wildman–Crippen LogP) is 1.49. The smallest absolute Gasteiger partial charge is 0.297 e. The molecule has 1 aliphatic heterocycles. The molecule has 0 bridgehead atoms. The molecule has 0 spiro atoms. The number of aliphatic imine (C=N–C) groups is 1. The molecule has 1 aliphatic rings. The molecule has 1 N–H and O–H groups in total. The predicted molar refractivity (Wildman–Crippen MR) is 52.5 cm³/mol. The van der Waals surface area contributed by atoms with Crippen LogP contribution in [0.3, 0.4) is 0 Å². The minimum atomic E-state index is -0.620. The average Bonchev–Trinajstić information content (AvgIpc) is 2.53. The zero-order valence-electron chi connectivity index (χ0n) is 7.59. The number of halogens is 1. The van der Waals surface area contributed by atoms with Gasteiger partial charge in [0, 0.05) is 0 Å². The summed E-state index contributed by atoms with van der Waals surface area (Å²) in [5, 5.41) is 9.19. The molecule has 1 aromatic carbocycles. The van der Waals surface area contributed by atoms with Crippen molar-refractivity contribution in [2.24, 2.45) is 4.99 Å². The number of phenols is 1. The lowest BCUT2D eigenvalue weighted by molar-refractivity contribution is -0.115. The van der Waals surface area contributed by atoms with E-state index < -0.39 is 5.91 Å². The molecular formula is C10H7FN2O2. The third-order valence-electron chi connectivity index (χ3n) is 1.92. The van der Waals surface area contributed by atoms with Crippen LogP contribution in [0.4, 0.5) is 4.48 Å². The number of carbonyl (C=O) groups is 1. The lowest BCUT2D eigenvalue weighted by Crippen LogP contribution is -2.07. The van der Waals surface area contributed by atoms with Crippen LogP contribution in [0.2, 0.25) is 0 Å². The van der Waals surface area contributed by atoms with Crippen molar-refractivity contribution < 1.29 is 14.4 Å². The molecule has 0 saturated carbocycles. The Morgan fingerprint density at radius 1 is 1.33 bits per heavy atom. The maximum atomic E-state index is 12.9. The van der Waals surface area contributed by atoms with Gasteiger partial charge in [-0.3, -0.25) is 4.79 Å². The zero-order chi connectivity index (χ0) is 10.8. The van der Waals surface area contributed by atoms with Gasteiger partial charge in [0.25, 0.3) is 5.91 Å². The standard InChI is InChI=1S/C10H7FN2O2/c11-13-6-12-10(15)9(13)5-7-1-3-8(14)4-2-7/h1-6,14H. The van der Waals surface area contributed by atoms with Crippen LogP contribution in [0.1, 0.15) is 5.56 Å². The second kappa shape index (κ2) is 3.53. The molecule has 1 aromatic rings. The van der Waals surface area contributed by atoms with E-state index >= 15 is 0 Å². The summed E-state index contributed by atoms with van der Waals surface area (Å²) in [6, 6.07) is 6.05. The number of amides is 1. The maximum Gasteiger partial charge on any atom is 0.297 e. The maximum absolute atomic E-state index is 12.9. The quantitative estimate of drug-likeness (QED) is 0.559.